The van der Waals surface area contributed by atoms with Gasteiger partial charge in [-0.2, -0.15) is 13.2 Å². The van der Waals surface area contributed by atoms with Gasteiger partial charge in [-0.3, -0.25) is 0 Å². The zero-order valence-electron chi connectivity index (χ0n) is 20.0. The second kappa shape index (κ2) is 10.2. The topological polar surface area (TPSA) is 65.1 Å². The second-order valence-electron chi connectivity index (χ2n) is 8.73. The van der Waals surface area contributed by atoms with Crippen LogP contribution in [-0.4, -0.2) is 49.3 Å². The van der Waals surface area contributed by atoms with Crippen molar-refractivity contribution in [3.63, 3.8) is 0 Å². The Balaban J connectivity index is 2.16. The Bertz CT molecular complexity index is 991. The third-order valence-electron chi connectivity index (χ3n) is 5.87. The van der Waals surface area contributed by atoms with Crippen molar-refractivity contribution in [2.75, 3.05) is 20.3 Å². The Morgan fingerprint density at radius 3 is 2.03 bits per heavy atom. The van der Waals surface area contributed by atoms with Crippen LogP contribution in [0.25, 0.3) is 0 Å². The summed E-state index contributed by atoms with van der Waals surface area (Å²) < 4.78 is 55.4. The molecule has 1 fully saturated rings. The Hall–Kier alpha value is -2.81. The van der Waals surface area contributed by atoms with Crippen molar-refractivity contribution in [2.45, 2.75) is 64.8 Å². The van der Waals surface area contributed by atoms with Crippen LogP contribution in [0.15, 0.2) is 46.8 Å². The van der Waals surface area contributed by atoms with Crippen LogP contribution in [0.4, 0.5) is 13.2 Å². The van der Waals surface area contributed by atoms with Gasteiger partial charge >= 0.3 is 18.1 Å². The molecule has 186 valence electrons. The maximum Gasteiger partial charge on any atom is 0.416 e. The molecule has 0 radical (unpaired) electrons. The van der Waals surface area contributed by atoms with Crippen LogP contribution in [0.1, 0.15) is 57.6 Å². The highest BCUT2D eigenvalue weighted by Gasteiger charge is 2.44. The lowest BCUT2D eigenvalue weighted by atomic mass is 9.79. The van der Waals surface area contributed by atoms with Gasteiger partial charge in [0.2, 0.25) is 0 Å². The summed E-state index contributed by atoms with van der Waals surface area (Å²) in [6.45, 7) is 7.17. The summed E-state index contributed by atoms with van der Waals surface area (Å²) in [4.78, 5) is 28.5. The summed E-state index contributed by atoms with van der Waals surface area (Å²) in [6.07, 6.45) is -3.12. The highest BCUT2D eigenvalue weighted by atomic mass is 19.4. The Labute approximate surface area is 197 Å². The Morgan fingerprint density at radius 2 is 1.56 bits per heavy atom. The summed E-state index contributed by atoms with van der Waals surface area (Å²) in [5, 5.41) is 0. The molecule has 1 aromatic rings. The van der Waals surface area contributed by atoms with E-state index in [1.54, 1.807) is 27.7 Å². The molecule has 0 N–H and O–H groups in total. The number of halogens is 3. The maximum atomic E-state index is 13.3. The number of benzene rings is 1. The molecule has 1 unspecified atom stereocenters. The fraction of sp³-hybridized carbons (Fsp3) is 0.520. The number of esters is 2. The van der Waals surface area contributed by atoms with E-state index >= 15 is 0 Å². The number of rotatable bonds is 8. The Kier molecular flexibility index (Phi) is 7.75. The summed E-state index contributed by atoms with van der Waals surface area (Å²) >= 11 is 0. The Morgan fingerprint density at radius 1 is 1.00 bits per heavy atom. The van der Waals surface area contributed by atoms with Gasteiger partial charge in [-0.25, -0.2) is 9.59 Å². The van der Waals surface area contributed by atoms with E-state index in [2.05, 4.69) is 0 Å². The zero-order chi connectivity index (χ0) is 25.2. The molecule has 34 heavy (non-hydrogen) atoms. The molecule has 1 aromatic carbocycles. The first-order chi connectivity index (χ1) is 16.0. The van der Waals surface area contributed by atoms with Crippen molar-refractivity contribution in [3.05, 3.63) is 57.9 Å². The van der Waals surface area contributed by atoms with Gasteiger partial charge in [0.15, 0.2) is 0 Å². The maximum absolute atomic E-state index is 13.3. The fourth-order valence-corrected chi connectivity index (χ4v) is 4.26. The summed E-state index contributed by atoms with van der Waals surface area (Å²) in [5.74, 6) is -2.19. The number of methoxy groups -OCH3 is 1. The number of allylic oxidation sites excluding steroid dienone is 2. The van der Waals surface area contributed by atoms with Crippen LogP contribution in [0, 0.1) is 0 Å². The molecule has 1 saturated carbocycles. The highest BCUT2D eigenvalue weighted by Crippen LogP contribution is 2.47. The van der Waals surface area contributed by atoms with Crippen LogP contribution in [0.3, 0.4) is 0 Å². The lowest BCUT2D eigenvalue weighted by Gasteiger charge is -2.38. The molecule has 9 heteroatoms. The van der Waals surface area contributed by atoms with E-state index in [-0.39, 0.29) is 30.4 Å². The SMILES string of the molecule is COCCOC(=O)C1=C(C)N(C2CC2)C(C)=C(C(=O)OC(C)C)C1c1ccc(C(F)(F)F)cc1. The van der Waals surface area contributed by atoms with Crippen molar-refractivity contribution < 1.29 is 37.0 Å². The number of hydrogen-bond acceptors (Lipinski definition) is 6. The average Bonchev–Trinajstić information content (AvgIpc) is 3.57. The smallest absolute Gasteiger partial charge is 0.416 e. The molecular formula is C25H30F3NO5. The van der Waals surface area contributed by atoms with Crippen LogP contribution in [0.2, 0.25) is 0 Å². The lowest BCUT2D eigenvalue weighted by molar-refractivity contribution is -0.143. The van der Waals surface area contributed by atoms with E-state index < -0.39 is 35.7 Å². The zero-order valence-corrected chi connectivity index (χ0v) is 20.0. The van der Waals surface area contributed by atoms with Crippen molar-refractivity contribution in [1.29, 1.82) is 0 Å². The minimum Gasteiger partial charge on any atom is -0.460 e. The number of carbonyl (C=O) groups is 2. The largest absolute Gasteiger partial charge is 0.460 e. The molecule has 2 aliphatic rings. The first-order valence-corrected chi connectivity index (χ1v) is 11.2. The van der Waals surface area contributed by atoms with E-state index in [0.717, 1.165) is 25.0 Å². The molecule has 0 aromatic heterocycles. The molecule has 1 heterocycles. The standard InChI is InChI=1S/C25H30F3NO5/c1-14(2)34-24(31)21-16(4)29(19-10-11-19)15(3)20(23(30)33-13-12-32-5)22(21)17-6-8-18(9-7-17)25(26,27)28/h6-9,14,19,22H,10-13H2,1-5H3. The molecule has 3 rings (SSSR count). The second-order valence-corrected chi connectivity index (χ2v) is 8.73. The minimum atomic E-state index is -4.51. The average molecular weight is 482 g/mol. The number of carbonyl (C=O) groups excluding carboxylic acids is 2. The van der Waals surface area contributed by atoms with Crippen LogP contribution in [0.5, 0.6) is 0 Å². The highest BCUT2D eigenvalue weighted by molar-refractivity contribution is 6.00. The van der Waals surface area contributed by atoms with Gasteiger partial charge < -0.3 is 19.1 Å². The molecule has 0 amide bonds. The third-order valence-corrected chi connectivity index (χ3v) is 5.87. The van der Waals surface area contributed by atoms with Gasteiger partial charge in [-0.1, -0.05) is 12.1 Å². The van der Waals surface area contributed by atoms with Crippen molar-refractivity contribution in [2.24, 2.45) is 0 Å². The number of hydrogen-bond donors (Lipinski definition) is 0. The van der Waals surface area contributed by atoms with Crippen molar-refractivity contribution in [1.82, 2.24) is 4.90 Å². The van der Waals surface area contributed by atoms with E-state index in [4.69, 9.17) is 14.2 Å². The van der Waals surface area contributed by atoms with Crippen LogP contribution < -0.4 is 0 Å². The monoisotopic (exact) mass is 481 g/mol. The summed E-state index contributed by atoms with van der Waals surface area (Å²) in [7, 11) is 1.48. The molecule has 6 nitrogen and oxygen atoms in total. The fourth-order valence-electron chi connectivity index (χ4n) is 4.26. The van der Waals surface area contributed by atoms with E-state index in [9.17, 15) is 22.8 Å². The van der Waals surface area contributed by atoms with Crippen LogP contribution >= 0.6 is 0 Å². The first-order valence-electron chi connectivity index (χ1n) is 11.2. The van der Waals surface area contributed by atoms with Gasteiger partial charge in [0.25, 0.3) is 0 Å². The van der Waals surface area contributed by atoms with Crippen molar-refractivity contribution in [3.8, 4) is 0 Å². The lowest BCUT2D eigenvalue weighted by Crippen LogP contribution is -2.37. The van der Waals surface area contributed by atoms with E-state index in [1.165, 1.54) is 19.2 Å². The van der Waals surface area contributed by atoms with Gasteiger partial charge in [0, 0.05) is 24.5 Å². The van der Waals surface area contributed by atoms with Gasteiger partial charge in [0.1, 0.15) is 6.61 Å². The number of nitrogens with zero attached hydrogens (tertiary/aromatic N) is 1. The van der Waals surface area contributed by atoms with Gasteiger partial charge in [-0.15, -0.1) is 0 Å². The predicted octanol–water partition coefficient (Wildman–Crippen LogP) is 4.96. The predicted molar refractivity (Wildman–Crippen MR) is 119 cm³/mol. The van der Waals surface area contributed by atoms with Gasteiger partial charge in [0.05, 0.1) is 35.3 Å². The molecule has 0 spiro atoms. The molecule has 1 atom stereocenters. The first kappa shape index (κ1) is 25.8. The van der Waals surface area contributed by atoms with Gasteiger partial charge in [-0.05, 0) is 58.2 Å². The number of alkyl halides is 3. The molecular weight excluding hydrogens is 451 g/mol. The number of ether oxygens (including phenoxy) is 3. The van der Waals surface area contributed by atoms with Crippen molar-refractivity contribution >= 4 is 11.9 Å². The third kappa shape index (κ3) is 5.46. The van der Waals surface area contributed by atoms with E-state index in [1.807, 2.05) is 4.90 Å². The quantitative estimate of drug-likeness (QED) is 0.387. The molecule has 0 bridgehead atoms. The minimum absolute atomic E-state index is 0.00371. The summed E-state index contributed by atoms with van der Waals surface area (Å²) in [5.41, 5.74) is 1.24. The summed E-state index contributed by atoms with van der Waals surface area (Å²) in [6, 6.07) is 4.63. The van der Waals surface area contributed by atoms with E-state index in [0.29, 0.717) is 17.0 Å². The molecule has 0 saturated heterocycles. The van der Waals surface area contributed by atoms with Crippen LogP contribution in [-0.2, 0) is 30.0 Å². The molecule has 1 aliphatic carbocycles. The normalized spacial score (nSPS) is 19.1. The molecule has 1 aliphatic heterocycles.